The normalized spacial score (nSPS) is 13.8. The molecular formula is C11H16KNO4. The van der Waals surface area contributed by atoms with E-state index in [1.807, 2.05) is 13.8 Å². The smallest absolute Gasteiger partial charge is 0.467 e. The largest absolute Gasteiger partial charge is 1.00 e. The van der Waals surface area contributed by atoms with E-state index in [4.69, 9.17) is 10.00 Å². The average molecular weight is 265 g/mol. The summed E-state index contributed by atoms with van der Waals surface area (Å²) in [6.45, 7) is 5.98. The molecule has 0 fully saturated rings. The number of rotatable bonds is 6. The van der Waals surface area contributed by atoms with E-state index < -0.39 is 17.8 Å². The number of carbonyl (C=O) groups excluding carboxylic acids is 1. The Morgan fingerprint density at radius 3 is 2.41 bits per heavy atom. The van der Waals surface area contributed by atoms with Gasteiger partial charge < -0.3 is 13.9 Å². The monoisotopic (exact) mass is 265 g/mol. The van der Waals surface area contributed by atoms with Crippen LogP contribution in [0.4, 0.5) is 0 Å². The Balaban J connectivity index is 0.00000256. The molecule has 90 valence electrons. The van der Waals surface area contributed by atoms with Crippen LogP contribution in [0.5, 0.6) is 0 Å². The third-order valence-electron chi connectivity index (χ3n) is 2.27. The van der Waals surface area contributed by atoms with Crippen LogP contribution in [-0.4, -0.2) is 12.6 Å². The number of hydrogen-bond acceptors (Lipinski definition) is 5. The van der Waals surface area contributed by atoms with Crippen molar-refractivity contribution >= 4 is 5.97 Å². The average Bonchev–Trinajstić information content (AvgIpc) is 3.00. The summed E-state index contributed by atoms with van der Waals surface area (Å²) in [6.07, 6.45) is 0.607. The van der Waals surface area contributed by atoms with Gasteiger partial charge >= 0.3 is 51.4 Å². The van der Waals surface area contributed by atoms with Crippen molar-refractivity contribution < 1.29 is 70.1 Å². The quantitative estimate of drug-likeness (QED) is 0.298. The minimum atomic E-state index is -0.715. The van der Waals surface area contributed by atoms with Crippen molar-refractivity contribution in [1.82, 2.24) is 0 Å². The summed E-state index contributed by atoms with van der Waals surface area (Å²) >= 11 is 0. The minimum Gasteiger partial charge on any atom is -0.467 e. The molecule has 5 nitrogen and oxygen atoms in total. The van der Waals surface area contributed by atoms with E-state index in [9.17, 15) is 4.79 Å². The van der Waals surface area contributed by atoms with Crippen LogP contribution in [0.2, 0.25) is 0 Å². The zero-order chi connectivity index (χ0) is 12.1. The Morgan fingerprint density at radius 1 is 1.47 bits per heavy atom. The van der Waals surface area contributed by atoms with Crippen LogP contribution in [0.1, 0.15) is 39.1 Å². The molecule has 0 aliphatic rings. The van der Waals surface area contributed by atoms with Crippen LogP contribution < -0.4 is 51.4 Å². The van der Waals surface area contributed by atoms with Gasteiger partial charge in [-0.05, 0) is 19.3 Å². The molecule has 0 amide bonds. The zero-order valence-electron chi connectivity index (χ0n) is 10.7. The molecule has 0 spiro atoms. The topological polar surface area (TPSA) is 76.4 Å². The molecule has 0 aliphatic carbocycles. The molecule has 0 N–H and O–H groups in total. The maximum atomic E-state index is 11.7. The van der Waals surface area contributed by atoms with Gasteiger partial charge in [0.15, 0.2) is 0 Å². The van der Waals surface area contributed by atoms with Gasteiger partial charge in [0.25, 0.3) is 5.97 Å². The van der Waals surface area contributed by atoms with Crippen molar-refractivity contribution in [2.45, 2.75) is 33.1 Å². The maximum Gasteiger partial charge on any atom is 1.00 e. The molecule has 0 aromatic carbocycles. The molecule has 0 aliphatic heterocycles. The summed E-state index contributed by atoms with van der Waals surface area (Å²) in [5, 5.41) is 9.06. The first kappa shape index (κ1) is 17.1. The van der Waals surface area contributed by atoms with E-state index in [0.29, 0.717) is 12.3 Å². The Labute approximate surface area is 143 Å². The fraction of sp³-hybridized carbons (Fsp3) is 0.727. The van der Waals surface area contributed by atoms with Crippen LogP contribution in [0.25, 0.3) is 0 Å². The van der Waals surface area contributed by atoms with Crippen LogP contribution in [0, 0.1) is 23.2 Å². The number of nitrogens with zero attached hydrogens (tertiary/aromatic N) is 1. The van der Waals surface area contributed by atoms with Crippen LogP contribution in [-0.2, 0) is 9.53 Å². The second-order valence-electron chi connectivity index (χ2n) is 4.08. The second-order valence-corrected chi connectivity index (χ2v) is 4.08. The molecule has 6 heteroatoms. The SMILES string of the molecule is CCOC(=O)C([c-]1oo1)[C@@H](C#N)CC(C)C.[K+]. The van der Waals surface area contributed by atoms with Crippen molar-refractivity contribution in [3.63, 3.8) is 0 Å². The Kier molecular flexibility index (Phi) is 8.25. The Bertz CT molecular complexity index is 349. The molecule has 0 bridgehead atoms. The first-order valence-corrected chi connectivity index (χ1v) is 5.37. The summed E-state index contributed by atoms with van der Waals surface area (Å²) < 4.78 is 14.0. The third kappa shape index (κ3) is 5.49. The number of esters is 1. The van der Waals surface area contributed by atoms with Gasteiger partial charge in [-0.2, -0.15) is 5.26 Å². The zero-order valence-corrected chi connectivity index (χ0v) is 13.8. The number of carbonyl (C=O) groups is 1. The van der Waals surface area contributed by atoms with E-state index in [2.05, 4.69) is 15.2 Å². The van der Waals surface area contributed by atoms with Gasteiger partial charge in [0.05, 0.1) is 18.6 Å². The van der Waals surface area contributed by atoms with E-state index in [-0.39, 0.29) is 63.9 Å². The number of nitriles is 1. The number of ether oxygens (including phenoxy) is 1. The summed E-state index contributed by atoms with van der Waals surface area (Å²) in [4.78, 5) is 11.7. The second kappa shape index (κ2) is 8.22. The van der Waals surface area contributed by atoms with Crippen LogP contribution in [0.3, 0.4) is 0 Å². The summed E-state index contributed by atoms with van der Waals surface area (Å²) in [6, 6.07) is 2.11. The van der Waals surface area contributed by atoms with E-state index >= 15 is 0 Å². The van der Waals surface area contributed by atoms with Crippen LogP contribution in [0.15, 0.2) is 9.15 Å². The standard InChI is InChI=1S/C11H16NO4.K/c1-4-14-10(13)9(11-15-16-11)8(6-12)5-7(2)3;/h7-9H,4-5H2,1-3H3;/q-1;+1/t8-,9?;/m1./s1. The third-order valence-corrected chi connectivity index (χ3v) is 2.27. The van der Waals surface area contributed by atoms with Gasteiger partial charge in [0, 0.05) is 11.8 Å². The molecule has 17 heavy (non-hydrogen) atoms. The van der Waals surface area contributed by atoms with Crippen molar-refractivity contribution in [1.29, 1.82) is 5.26 Å². The molecule has 1 unspecified atom stereocenters. The fourth-order valence-corrected chi connectivity index (χ4v) is 1.56. The van der Waals surface area contributed by atoms with E-state index in [1.54, 1.807) is 6.92 Å². The van der Waals surface area contributed by atoms with Crippen molar-refractivity contribution in [2.75, 3.05) is 6.61 Å². The van der Waals surface area contributed by atoms with Crippen molar-refractivity contribution in [3.05, 3.63) is 5.96 Å². The van der Waals surface area contributed by atoms with E-state index in [1.165, 1.54) is 0 Å². The van der Waals surface area contributed by atoms with E-state index in [0.717, 1.165) is 0 Å². The first-order chi connectivity index (χ1) is 7.60. The molecule has 1 aromatic heterocycles. The Morgan fingerprint density at radius 2 is 2.06 bits per heavy atom. The van der Waals surface area contributed by atoms with Crippen molar-refractivity contribution in [3.8, 4) is 6.07 Å². The Hall–Kier alpha value is 0.0664. The predicted octanol–water partition coefficient (Wildman–Crippen LogP) is -0.572. The molecule has 1 heterocycles. The predicted molar refractivity (Wildman–Crippen MR) is 54.5 cm³/mol. The van der Waals surface area contributed by atoms with Gasteiger partial charge in [0.2, 0.25) is 0 Å². The molecular weight excluding hydrogens is 249 g/mol. The first-order valence-electron chi connectivity index (χ1n) is 5.37. The molecule has 0 saturated carbocycles. The fourth-order valence-electron chi connectivity index (χ4n) is 1.56. The molecule has 0 saturated heterocycles. The minimum absolute atomic E-state index is 0. The number of hydrogen-bond donors (Lipinski definition) is 0. The summed E-state index contributed by atoms with van der Waals surface area (Å²) in [7, 11) is 0. The molecule has 1 aromatic rings. The molecule has 0 radical (unpaired) electrons. The molecule has 1 rings (SSSR count). The van der Waals surface area contributed by atoms with Gasteiger partial charge in [-0.15, -0.1) is 0 Å². The molecule has 2 atom stereocenters. The van der Waals surface area contributed by atoms with Gasteiger partial charge in [-0.25, -0.2) is 0 Å². The summed E-state index contributed by atoms with van der Waals surface area (Å²) in [5.41, 5.74) is 0. The maximum absolute atomic E-state index is 11.7. The summed E-state index contributed by atoms with van der Waals surface area (Å²) in [5.74, 6) is -1.11. The van der Waals surface area contributed by atoms with Crippen molar-refractivity contribution in [2.24, 2.45) is 11.8 Å². The van der Waals surface area contributed by atoms with Crippen LogP contribution >= 0.6 is 0 Å². The van der Waals surface area contributed by atoms with Gasteiger partial charge in [0.1, 0.15) is 0 Å². The van der Waals surface area contributed by atoms with Gasteiger partial charge in [-0.3, -0.25) is 4.79 Å². The van der Waals surface area contributed by atoms with Gasteiger partial charge in [-0.1, -0.05) is 13.8 Å².